The minimum absolute atomic E-state index is 0.0496. The third-order valence-electron chi connectivity index (χ3n) is 3.24. The summed E-state index contributed by atoms with van der Waals surface area (Å²) in [6, 6.07) is 10.3. The van der Waals surface area contributed by atoms with Gasteiger partial charge >= 0.3 is 0 Å². The number of rotatable bonds is 4. The number of methoxy groups -OCH3 is 1. The number of benzene rings is 1. The van der Waals surface area contributed by atoms with E-state index in [1.807, 2.05) is 26.0 Å². The van der Waals surface area contributed by atoms with E-state index in [0.717, 1.165) is 11.4 Å². The smallest absolute Gasteiger partial charge is 0.244 e. The molecule has 1 aromatic heterocycles. The first-order valence-electron chi connectivity index (χ1n) is 6.62. The van der Waals surface area contributed by atoms with Crippen LogP contribution < -0.4 is 15.5 Å². The van der Waals surface area contributed by atoms with Crippen molar-refractivity contribution >= 4 is 11.6 Å². The lowest BCUT2D eigenvalue weighted by Gasteiger charge is -2.15. The van der Waals surface area contributed by atoms with E-state index < -0.39 is 0 Å². The van der Waals surface area contributed by atoms with Gasteiger partial charge in [0.25, 0.3) is 0 Å². The van der Waals surface area contributed by atoms with Crippen molar-refractivity contribution in [1.29, 1.82) is 0 Å². The molecular weight excluding hydrogens is 268 g/mol. The van der Waals surface area contributed by atoms with Crippen molar-refractivity contribution in [3.8, 4) is 5.75 Å². The van der Waals surface area contributed by atoms with Gasteiger partial charge in [0, 0.05) is 23.5 Å². The molecule has 0 saturated carbocycles. The van der Waals surface area contributed by atoms with Crippen molar-refractivity contribution in [3.05, 3.63) is 58.0 Å². The van der Waals surface area contributed by atoms with Crippen LogP contribution in [0, 0.1) is 13.8 Å². The molecule has 2 rings (SSSR count). The average Bonchev–Trinajstić information content (AvgIpc) is 2.43. The van der Waals surface area contributed by atoms with Crippen LogP contribution >= 0.6 is 0 Å². The Bertz CT molecular complexity index is 693. The number of amides is 1. The second-order valence-corrected chi connectivity index (χ2v) is 4.81. The van der Waals surface area contributed by atoms with Crippen LogP contribution in [0.3, 0.4) is 0 Å². The van der Waals surface area contributed by atoms with E-state index in [-0.39, 0.29) is 17.9 Å². The molecular formula is C16H18N2O3. The maximum atomic E-state index is 12.2. The molecule has 0 radical (unpaired) electrons. The number of nitrogens with zero attached hydrogens (tertiary/aromatic N) is 1. The molecule has 0 spiro atoms. The first kappa shape index (κ1) is 14.8. The zero-order valence-corrected chi connectivity index (χ0v) is 12.3. The van der Waals surface area contributed by atoms with Crippen LogP contribution in [-0.2, 0) is 11.3 Å². The number of aromatic nitrogens is 1. The molecule has 1 N–H and O–H groups in total. The van der Waals surface area contributed by atoms with Crippen LogP contribution in [0.1, 0.15) is 11.4 Å². The summed E-state index contributed by atoms with van der Waals surface area (Å²) in [6.07, 6.45) is 0. The van der Waals surface area contributed by atoms with E-state index in [4.69, 9.17) is 4.74 Å². The van der Waals surface area contributed by atoms with Gasteiger partial charge in [0.05, 0.1) is 12.8 Å². The summed E-state index contributed by atoms with van der Waals surface area (Å²) in [4.78, 5) is 23.6. The van der Waals surface area contributed by atoms with Gasteiger partial charge in [-0.25, -0.2) is 0 Å². The van der Waals surface area contributed by atoms with Crippen LogP contribution in [0.25, 0.3) is 0 Å². The zero-order valence-electron chi connectivity index (χ0n) is 12.3. The van der Waals surface area contributed by atoms with Gasteiger partial charge in [-0.3, -0.25) is 9.59 Å². The summed E-state index contributed by atoms with van der Waals surface area (Å²) >= 11 is 0. The topological polar surface area (TPSA) is 60.3 Å². The van der Waals surface area contributed by atoms with Crippen molar-refractivity contribution < 1.29 is 9.53 Å². The Kier molecular flexibility index (Phi) is 4.42. The van der Waals surface area contributed by atoms with Crippen molar-refractivity contribution in [3.63, 3.8) is 0 Å². The molecule has 0 bridgehead atoms. The number of ether oxygens (including phenoxy) is 1. The monoisotopic (exact) mass is 286 g/mol. The summed E-state index contributed by atoms with van der Waals surface area (Å²) in [7, 11) is 1.56. The second kappa shape index (κ2) is 6.26. The van der Waals surface area contributed by atoms with E-state index in [2.05, 4.69) is 5.32 Å². The molecule has 0 atom stereocenters. The summed E-state index contributed by atoms with van der Waals surface area (Å²) < 4.78 is 6.99. The lowest BCUT2D eigenvalue weighted by atomic mass is 10.2. The Morgan fingerprint density at radius 3 is 2.43 bits per heavy atom. The Morgan fingerprint density at radius 2 is 1.81 bits per heavy atom. The van der Waals surface area contributed by atoms with Crippen molar-refractivity contribution in [2.75, 3.05) is 12.4 Å². The molecule has 0 unspecified atom stereocenters. The number of hydrogen-bond donors (Lipinski definition) is 1. The highest BCUT2D eigenvalue weighted by Crippen LogP contribution is 2.22. The minimum atomic E-state index is -0.172. The Labute approximate surface area is 123 Å². The number of carbonyl (C=O) groups is 1. The van der Waals surface area contributed by atoms with Gasteiger partial charge in [-0.2, -0.15) is 0 Å². The van der Waals surface area contributed by atoms with Crippen molar-refractivity contribution in [2.45, 2.75) is 20.4 Å². The van der Waals surface area contributed by atoms with E-state index in [0.29, 0.717) is 11.4 Å². The highest BCUT2D eigenvalue weighted by Gasteiger charge is 2.10. The van der Waals surface area contributed by atoms with Gasteiger partial charge in [0.1, 0.15) is 12.3 Å². The SMILES string of the molecule is COc1ccccc1NC(=O)Cn1c(C)cc(=O)cc1C. The normalized spacial score (nSPS) is 10.2. The van der Waals surface area contributed by atoms with Gasteiger partial charge in [-0.05, 0) is 26.0 Å². The lowest BCUT2D eigenvalue weighted by molar-refractivity contribution is -0.116. The van der Waals surface area contributed by atoms with Gasteiger partial charge < -0.3 is 14.6 Å². The van der Waals surface area contributed by atoms with E-state index in [9.17, 15) is 9.59 Å². The molecule has 0 aliphatic heterocycles. The summed E-state index contributed by atoms with van der Waals surface area (Å²) in [5.74, 6) is 0.438. The molecule has 1 amide bonds. The van der Waals surface area contributed by atoms with Crippen molar-refractivity contribution in [2.24, 2.45) is 0 Å². The number of aryl methyl sites for hydroxylation is 2. The second-order valence-electron chi connectivity index (χ2n) is 4.81. The number of carbonyl (C=O) groups excluding carboxylic acids is 1. The number of para-hydroxylation sites is 2. The summed E-state index contributed by atoms with van der Waals surface area (Å²) in [5, 5.41) is 2.82. The molecule has 110 valence electrons. The fourth-order valence-electron chi connectivity index (χ4n) is 2.22. The molecule has 5 nitrogen and oxygen atoms in total. The predicted molar refractivity (Wildman–Crippen MR) is 81.8 cm³/mol. The first-order chi connectivity index (χ1) is 10.0. The first-order valence-corrected chi connectivity index (χ1v) is 6.62. The minimum Gasteiger partial charge on any atom is -0.495 e. The third-order valence-corrected chi connectivity index (χ3v) is 3.24. The van der Waals surface area contributed by atoms with E-state index in [1.165, 1.54) is 12.1 Å². The highest BCUT2D eigenvalue weighted by atomic mass is 16.5. The molecule has 0 fully saturated rings. The van der Waals surface area contributed by atoms with E-state index >= 15 is 0 Å². The van der Waals surface area contributed by atoms with Crippen LogP contribution in [0.2, 0.25) is 0 Å². The molecule has 1 aromatic carbocycles. The average molecular weight is 286 g/mol. The van der Waals surface area contributed by atoms with Crippen LogP contribution in [0.4, 0.5) is 5.69 Å². The fraction of sp³-hybridized carbons (Fsp3) is 0.250. The molecule has 0 aliphatic carbocycles. The van der Waals surface area contributed by atoms with Crippen LogP contribution in [-0.4, -0.2) is 17.6 Å². The zero-order chi connectivity index (χ0) is 15.4. The molecule has 0 saturated heterocycles. The lowest BCUT2D eigenvalue weighted by Crippen LogP contribution is -2.23. The van der Waals surface area contributed by atoms with Gasteiger partial charge in [-0.1, -0.05) is 12.1 Å². The van der Waals surface area contributed by atoms with Crippen LogP contribution in [0.15, 0.2) is 41.2 Å². The Balaban J connectivity index is 2.18. The highest BCUT2D eigenvalue weighted by molar-refractivity contribution is 5.92. The number of hydrogen-bond acceptors (Lipinski definition) is 3. The maximum Gasteiger partial charge on any atom is 0.244 e. The fourth-order valence-corrected chi connectivity index (χ4v) is 2.22. The molecule has 21 heavy (non-hydrogen) atoms. The Morgan fingerprint density at radius 1 is 1.19 bits per heavy atom. The van der Waals surface area contributed by atoms with Crippen LogP contribution in [0.5, 0.6) is 5.75 Å². The maximum absolute atomic E-state index is 12.2. The summed E-state index contributed by atoms with van der Waals surface area (Å²) in [5.41, 5.74) is 2.10. The van der Waals surface area contributed by atoms with Gasteiger partial charge in [-0.15, -0.1) is 0 Å². The van der Waals surface area contributed by atoms with Crippen molar-refractivity contribution in [1.82, 2.24) is 4.57 Å². The molecule has 1 heterocycles. The van der Waals surface area contributed by atoms with Gasteiger partial charge in [0.15, 0.2) is 5.43 Å². The summed E-state index contributed by atoms with van der Waals surface area (Å²) in [6.45, 7) is 3.77. The molecule has 0 aliphatic rings. The van der Waals surface area contributed by atoms with Gasteiger partial charge in [0.2, 0.25) is 5.91 Å². The number of nitrogens with one attached hydrogen (secondary N) is 1. The van der Waals surface area contributed by atoms with E-state index in [1.54, 1.807) is 23.8 Å². The molecule has 5 heteroatoms. The quantitative estimate of drug-likeness (QED) is 0.936. The Hall–Kier alpha value is -2.56. The largest absolute Gasteiger partial charge is 0.495 e. The third kappa shape index (κ3) is 3.51. The number of pyridine rings is 1. The molecule has 2 aromatic rings. The number of anilines is 1. The standard InChI is InChI=1S/C16H18N2O3/c1-11-8-13(19)9-12(2)18(11)10-16(20)17-14-6-4-5-7-15(14)21-3/h4-9H,10H2,1-3H3,(H,17,20). The predicted octanol–water partition coefficient (Wildman–Crippen LogP) is 2.11.